The lowest BCUT2D eigenvalue weighted by atomic mass is 10.2. The van der Waals surface area contributed by atoms with Crippen molar-refractivity contribution in [2.24, 2.45) is 0 Å². The summed E-state index contributed by atoms with van der Waals surface area (Å²) >= 11 is 0. The summed E-state index contributed by atoms with van der Waals surface area (Å²) in [6.45, 7) is 3.59. The Bertz CT molecular complexity index is 1040. The summed E-state index contributed by atoms with van der Waals surface area (Å²) in [6, 6.07) is 13.9. The number of amides is 2. The third kappa shape index (κ3) is 5.02. The van der Waals surface area contributed by atoms with Crippen LogP contribution in [0.5, 0.6) is 0 Å². The Morgan fingerprint density at radius 3 is 2.57 bits per heavy atom. The molecule has 0 aliphatic carbocycles. The van der Waals surface area contributed by atoms with Gasteiger partial charge < -0.3 is 15.4 Å². The van der Waals surface area contributed by atoms with E-state index in [1.54, 1.807) is 37.5 Å². The van der Waals surface area contributed by atoms with Crippen LogP contribution in [0.4, 0.5) is 0 Å². The zero-order valence-corrected chi connectivity index (χ0v) is 16.9. The summed E-state index contributed by atoms with van der Waals surface area (Å²) in [7, 11) is 0. The molecule has 2 N–H and O–H groups in total. The second kappa shape index (κ2) is 9.69. The normalized spacial score (nSPS) is 11.7. The molecule has 30 heavy (non-hydrogen) atoms. The molecule has 156 valence electrons. The van der Waals surface area contributed by atoms with Crippen LogP contribution in [-0.4, -0.2) is 46.5 Å². The maximum atomic E-state index is 12.2. The number of hydrogen-bond donors (Lipinski definition) is 2. The first kappa shape index (κ1) is 21.0. The van der Waals surface area contributed by atoms with Crippen LogP contribution in [0.25, 0.3) is 16.7 Å². The number of imidazole rings is 1. The van der Waals surface area contributed by atoms with Gasteiger partial charge in [0.15, 0.2) is 6.61 Å². The van der Waals surface area contributed by atoms with Crippen LogP contribution in [0.2, 0.25) is 0 Å². The Morgan fingerprint density at radius 2 is 1.83 bits per heavy atom. The van der Waals surface area contributed by atoms with Gasteiger partial charge in [-0.15, -0.1) is 0 Å². The minimum absolute atomic E-state index is 0.279. The van der Waals surface area contributed by atoms with Gasteiger partial charge in [-0.1, -0.05) is 19.1 Å². The van der Waals surface area contributed by atoms with E-state index < -0.39 is 24.5 Å². The monoisotopic (exact) mass is 408 g/mol. The van der Waals surface area contributed by atoms with Gasteiger partial charge in [0, 0.05) is 12.2 Å². The highest BCUT2D eigenvalue weighted by Gasteiger charge is 2.16. The highest BCUT2D eigenvalue weighted by atomic mass is 16.5. The first-order valence-corrected chi connectivity index (χ1v) is 9.76. The second-order valence-corrected chi connectivity index (χ2v) is 6.81. The van der Waals surface area contributed by atoms with Crippen LogP contribution in [-0.2, 0) is 14.3 Å². The molecule has 3 rings (SSSR count). The van der Waals surface area contributed by atoms with Crippen molar-refractivity contribution in [3.8, 4) is 5.69 Å². The van der Waals surface area contributed by atoms with Gasteiger partial charge in [0.25, 0.3) is 5.91 Å². The van der Waals surface area contributed by atoms with E-state index in [0.717, 1.165) is 23.1 Å². The molecular weight excluding hydrogens is 384 g/mol. The lowest BCUT2D eigenvalue weighted by Crippen LogP contribution is -2.46. The number of rotatable bonds is 8. The van der Waals surface area contributed by atoms with Crippen LogP contribution in [0.3, 0.4) is 0 Å². The Labute approximate surface area is 174 Å². The van der Waals surface area contributed by atoms with Gasteiger partial charge in [-0.25, -0.2) is 9.78 Å². The average Bonchev–Trinajstić information content (AvgIpc) is 3.20. The second-order valence-electron chi connectivity index (χ2n) is 6.81. The van der Waals surface area contributed by atoms with Gasteiger partial charge >= 0.3 is 5.97 Å². The molecule has 0 bridgehead atoms. The molecule has 3 aromatic rings. The Kier molecular flexibility index (Phi) is 6.79. The van der Waals surface area contributed by atoms with Crippen molar-refractivity contribution >= 4 is 28.8 Å². The van der Waals surface area contributed by atoms with E-state index in [-0.39, 0.29) is 5.91 Å². The van der Waals surface area contributed by atoms with E-state index in [1.165, 1.54) is 0 Å². The van der Waals surface area contributed by atoms with Crippen molar-refractivity contribution < 1.29 is 19.1 Å². The molecule has 0 saturated heterocycles. The van der Waals surface area contributed by atoms with Crippen LogP contribution >= 0.6 is 0 Å². The van der Waals surface area contributed by atoms with Crippen LogP contribution in [0.15, 0.2) is 54.9 Å². The fourth-order valence-corrected chi connectivity index (χ4v) is 2.89. The van der Waals surface area contributed by atoms with E-state index in [1.807, 2.05) is 35.8 Å². The standard InChI is InChI=1S/C22H24N4O4/c1-3-12-23-21(28)15(2)25-20(27)13-30-22(29)16-8-10-17(11-9-16)26-14-24-18-6-4-5-7-19(18)26/h4-11,14-15H,3,12-13H2,1-2H3,(H,23,28)(H,25,27)/t15-/m0/s1. The van der Waals surface area contributed by atoms with Gasteiger partial charge in [0.05, 0.1) is 16.6 Å². The first-order valence-electron chi connectivity index (χ1n) is 9.76. The van der Waals surface area contributed by atoms with Crippen molar-refractivity contribution in [3.63, 3.8) is 0 Å². The van der Waals surface area contributed by atoms with E-state index in [9.17, 15) is 14.4 Å². The number of para-hydroxylation sites is 2. The van der Waals surface area contributed by atoms with Crippen LogP contribution in [0, 0.1) is 0 Å². The lowest BCUT2D eigenvalue weighted by Gasteiger charge is -2.14. The molecule has 1 heterocycles. The largest absolute Gasteiger partial charge is 0.452 e. The molecule has 0 unspecified atom stereocenters. The molecule has 0 radical (unpaired) electrons. The van der Waals surface area contributed by atoms with Crippen molar-refractivity contribution in [1.29, 1.82) is 0 Å². The predicted molar refractivity (Wildman–Crippen MR) is 112 cm³/mol. The average molecular weight is 408 g/mol. The number of nitrogens with one attached hydrogen (secondary N) is 2. The molecule has 0 fully saturated rings. The molecule has 2 aromatic carbocycles. The molecule has 1 atom stereocenters. The fourth-order valence-electron chi connectivity index (χ4n) is 2.89. The number of benzene rings is 2. The number of carbonyl (C=O) groups excluding carboxylic acids is 3. The zero-order chi connectivity index (χ0) is 21.5. The van der Waals surface area contributed by atoms with E-state index in [2.05, 4.69) is 15.6 Å². The van der Waals surface area contributed by atoms with E-state index in [0.29, 0.717) is 12.1 Å². The summed E-state index contributed by atoms with van der Waals surface area (Å²) in [4.78, 5) is 40.3. The lowest BCUT2D eigenvalue weighted by molar-refractivity contribution is -0.130. The molecule has 1 aromatic heterocycles. The Balaban J connectivity index is 1.55. The number of hydrogen-bond acceptors (Lipinski definition) is 5. The minimum atomic E-state index is -0.702. The highest BCUT2D eigenvalue weighted by Crippen LogP contribution is 2.18. The van der Waals surface area contributed by atoms with Crippen molar-refractivity contribution in [2.75, 3.05) is 13.2 Å². The number of nitrogens with zero attached hydrogens (tertiary/aromatic N) is 2. The molecule has 0 spiro atoms. The van der Waals surface area contributed by atoms with Crippen molar-refractivity contribution in [3.05, 3.63) is 60.4 Å². The molecule has 8 nitrogen and oxygen atoms in total. The summed E-state index contributed by atoms with van der Waals surface area (Å²) in [6.07, 6.45) is 2.53. The molecule has 8 heteroatoms. The number of fused-ring (bicyclic) bond motifs is 1. The number of carbonyl (C=O) groups is 3. The zero-order valence-electron chi connectivity index (χ0n) is 16.9. The van der Waals surface area contributed by atoms with Gasteiger partial charge in [-0.2, -0.15) is 0 Å². The third-order valence-electron chi connectivity index (χ3n) is 4.49. The van der Waals surface area contributed by atoms with Gasteiger partial charge in [-0.05, 0) is 49.7 Å². The minimum Gasteiger partial charge on any atom is -0.452 e. The summed E-state index contributed by atoms with van der Waals surface area (Å²) < 4.78 is 6.97. The van der Waals surface area contributed by atoms with E-state index >= 15 is 0 Å². The van der Waals surface area contributed by atoms with E-state index in [4.69, 9.17) is 4.74 Å². The van der Waals surface area contributed by atoms with Crippen LogP contribution in [0.1, 0.15) is 30.6 Å². The first-order chi connectivity index (χ1) is 14.5. The fraction of sp³-hybridized carbons (Fsp3) is 0.273. The molecular formula is C22H24N4O4. The van der Waals surface area contributed by atoms with Crippen LogP contribution < -0.4 is 10.6 Å². The number of ether oxygens (including phenoxy) is 1. The Hall–Kier alpha value is -3.68. The molecule has 0 aliphatic rings. The maximum Gasteiger partial charge on any atom is 0.338 e. The SMILES string of the molecule is CCCNC(=O)[C@H](C)NC(=O)COC(=O)c1ccc(-n2cnc3ccccc32)cc1. The Morgan fingerprint density at radius 1 is 1.10 bits per heavy atom. The molecule has 0 saturated carbocycles. The summed E-state index contributed by atoms with van der Waals surface area (Å²) in [5.74, 6) is -1.43. The van der Waals surface area contributed by atoms with Crippen molar-refractivity contribution in [2.45, 2.75) is 26.3 Å². The topological polar surface area (TPSA) is 102 Å². The maximum absolute atomic E-state index is 12.2. The predicted octanol–water partition coefficient (Wildman–Crippen LogP) is 2.21. The van der Waals surface area contributed by atoms with Gasteiger partial charge in [0.1, 0.15) is 12.4 Å². The van der Waals surface area contributed by atoms with Crippen molar-refractivity contribution in [1.82, 2.24) is 20.2 Å². The smallest absolute Gasteiger partial charge is 0.338 e. The summed E-state index contributed by atoms with van der Waals surface area (Å²) in [5.41, 5.74) is 3.01. The van der Waals surface area contributed by atoms with Gasteiger partial charge in [0.2, 0.25) is 5.91 Å². The highest BCUT2D eigenvalue weighted by molar-refractivity contribution is 5.92. The van der Waals surface area contributed by atoms with Gasteiger partial charge in [-0.3, -0.25) is 14.2 Å². The third-order valence-corrected chi connectivity index (χ3v) is 4.49. The summed E-state index contributed by atoms with van der Waals surface area (Å²) in [5, 5.41) is 5.19. The molecule has 0 aliphatic heterocycles. The number of esters is 1. The quantitative estimate of drug-likeness (QED) is 0.557. The molecule has 2 amide bonds. The number of aromatic nitrogens is 2.